The van der Waals surface area contributed by atoms with Crippen molar-refractivity contribution in [3.63, 3.8) is 0 Å². The van der Waals surface area contributed by atoms with Crippen molar-refractivity contribution in [2.75, 3.05) is 0 Å². The van der Waals surface area contributed by atoms with E-state index in [4.69, 9.17) is 14.2 Å². The molecule has 0 amide bonds. The zero-order chi connectivity index (χ0) is 20.6. The molecule has 150 valence electrons. The summed E-state index contributed by atoms with van der Waals surface area (Å²) in [5.41, 5.74) is 1.16. The smallest absolute Gasteiger partial charge is 0.423 e. The number of hydrogen-bond acceptors (Lipinski definition) is 7. The van der Waals surface area contributed by atoms with Crippen molar-refractivity contribution in [2.45, 2.75) is 65.6 Å². The van der Waals surface area contributed by atoms with Crippen molar-refractivity contribution in [1.29, 1.82) is 0 Å². The van der Waals surface area contributed by atoms with E-state index in [0.29, 0.717) is 5.92 Å². The molecule has 0 aliphatic carbocycles. The molecule has 1 rings (SSSR count). The fourth-order valence-electron chi connectivity index (χ4n) is 2.17. The fourth-order valence-corrected chi connectivity index (χ4v) is 2.17. The number of hydrogen-bond donors (Lipinski definition) is 0. The predicted octanol–water partition coefficient (Wildman–Crippen LogP) is 4.57. The van der Waals surface area contributed by atoms with Crippen LogP contribution in [0.25, 0.3) is 0 Å². The van der Waals surface area contributed by atoms with Crippen LogP contribution in [0.15, 0.2) is 36.9 Å². The van der Waals surface area contributed by atoms with Gasteiger partial charge in [0.1, 0.15) is 5.60 Å². The second kappa shape index (κ2) is 10.1. The average molecular weight is 380 g/mol. The lowest BCUT2D eigenvalue weighted by Gasteiger charge is -2.26. The van der Waals surface area contributed by atoms with Gasteiger partial charge in [-0.1, -0.05) is 44.7 Å². The molecule has 1 aromatic rings. The summed E-state index contributed by atoms with van der Waals surface area (Å²) in [7, 11) is 0. The van der Waals surface area contributed by atoms with Crippen LogP contribution in [0.5, 0.6) is 0 Å². The zero-order valence-electron chi connectivity index (χ0n) is 16.7. The molecule has 0 N–H and O–H groups in total. The van der Waals surface area contributed by atoms with Crippen molar-refractivity contribution in [3.8, 4) is 0 Å². The van der Waals surface area contributed by atoms with Crippen LogP contribution in [-0.4, -0.2) is 24.7 Å². The first kappa shape index (κ1) is 22.7. The van der Waals surface area contributed by atoms with E-state index in [-0.39, 0.29) is 0 Å². The Morgan fingerprint density at radius 3 is 2.15 bits per heavy atom. The second-order valence-electron chi connectivity index (χ2n) is 6.73. The van der Waals surface area contributed by atoms with Gasteiger partial charge in [-0.3, -0.25) is 4.89 Å². The van der Waals surface area contributed by atoms with Crippen LogP contribution >= 0.6 is 0 Å². The van der Waals surface area contributed by atoms with Gasteiger partial charge in [0.2, 0.25) is 12.6 Å². The lowest BCUT2D eigenvalue weighted by Crippen LogP contribution is -2.30. The van der Waals surface area contributed by atoms with Crippen LogP contribution < -0.4 is 0 Å². The Morgan fingerprint density at radius 2 is 1.63 bits per heavy atom. The van der Waals surface area contributed by atoms with Crippen LogP contribution in [0.2, 0.25) is 0 Å². The molecule has 0 heterocycles. The van der Waals surface area contributed by atoms with E-state index < -0.39 is 30.3 Å². The molecule has 0 fully saturated rings. The Kier molecular flexibility index (Phi) is 8.46. The molecule has 0 aliphatic heterocycles. The lowest BCUT2D eigenvalue weighted by atomic mass is 9.94. The molecule has 7 nitrogen and oxygen atoms in total. The first-order valence-electron chi connectivity index (χ1n) is 8.70. The quantitative estimate of drug-likeness (QED) is 0.204. The fraction of sp³-hybridized carbons (Fsp3) is 0.500. The maximum atomic E-state index is 12.0. The molecule has 2 unspecified atom stereocenters. The van der Waals surface area contributed by atoms with E-state index in [1.165, 1.54) is 19.4 Å². The molecular weight excluding hydrogens is 352 g/mol. The number of carbonyl (C=O) groups excluding carboxylic acids is 2. The summed E-state index contributed by atoms with van der Waals surface area (Å²) in [5.74, 6) is -0.343. The Labute approximate surface area is 160 Å². The minimum atomic E-state index is -0.978. The number of rotatable bonds is 9. The van der Waals surface area contributed by atoms with Crippen LogP contribution in [0.1, 0.15) is 58.6 Å². The third-order valence-electron chi connectivity index (χ3n) is 3.69. The minimum Gasteiger partial charge on any atom is -0.423 e. The Hall–Kier alpha value is -2.38. The summed E-state index contributed by atoms with van der Waals surface area (Å²) in [5, 5.41) is 0. The van der Waals surface area contributed by atoms with Crippen LogP contribution in [0.4, 0.5) is 4.79 Å². The highest BCUT2D eigenvalue weighted by Crippen LogP contribution is 2.27. The van der Waals surface area contributed by atoms with Crippen LogP contribution in [0, 0.1) is 0 Å². The molecule has 27 heavy (non-hydrogen) atoms. The monoisotopic (exact) mass is 380 g/mol. The highest BCUT2D eigenvalue weighted by molar-refractivity contribution is 5.80. The average Bonchev–Trinajstić information content (AvgIpc) is 2.58. The maximum Gasteiger partial charge on any atom is 0.511 e. The maximum absolute atomic E-state index is 12.0. The standard InChI is InChI=1S/C20H28O7/c1-8-18(21)27-26-15(5)23-14(4)24-19(22)25-20(6,7)17-11-9-16(10-12-17)13(2)3/h8-15H,1H2,2-7H3. The van der Waals surface area contributed by atoms with Crippen molar-refractivity contribution in [2.24, 2.45) is 0 Å². The summed E-state index contributed by atoms with van der Waals surface area (Å²) in [6.45, 7) is 13.9. The molecule has 0 radical (unpaired) electrons. The highest BCUT2D eigenvalue weighted by atomic mass is 17.2. The topological polar surface area (TPSA) is 80.3 Å². The molecule has 0 aliphatic rings. The lowest BCUT2D eigenvalue weighted by molar-refractivity contribution is -0.363. The molecule has 7 heteroatoms. The normalized spacial score (nSPS) is 13.6. The van der Waals surface area contributed by atoms with Gasteiger partial charge in [-0.25, -0.2) is 9.59 Å². The molecule has 0 spiro atoms. The van der Waals surface area contributed by atoms with Gasteiger partial charge >= 0.3 is 12.1 Å². The van der Waals surface area contributed by atoms with Gasteiger partial charge in [-0.15, -0.1) is 0 Å². The van der Waals surface area contributed by atoms with Gasteiger partial charge in [0.25, 0.3) is 0 Å². The minimum absolute atomic E-state index is 0.418. The van der Waals surface area contributed by atoms with E-state index in [9.17, 15) is 9.59 Å². The third-order valence-corrected chi connectivity index (χ3v) is 3.69. The SMILES string of the molecule is C=CC(=O)OOC(C)OC(C)OC(=O)OC(C)(C)c1ccc(C(C)C)cc1. The number of benzene rings is 1. The summed E-state index contributed by atoms with van der Waals surface area (Å²) in [6, 6.07) is 7.86. The number of ether oxygens (including phenoxy) is 3. The molecule has 2 atom stereocenters. The predicted molar refractivity (Wildman–Crippen MR) is 98.5 cm³/mol. The van der Waals surface area contributed by atoms with Crippen molar-refractivity contribution < 1.29 is 33.6 Å². The molecular formula is C20H28O7. The Bertz CT molecular complexity index is 634. The van der Waals surface area contributed by atoms with Gasteiger partial charge in [0.15, 0.2) is 0 Å². The van der Waals surface area contributed by atoms with E-state index in [1.54, 1.807) is 13.8 Å². The molecule has 0 aromatic heterocycles. The number of carbonyl (C=O) groups is 2. The van der Waals surface area contributed by atoms with Gasteiger partial charge < -0.3 is 14.2 Å². The summed E-state index contributed by atoms with van der Waals surface area (Å²) in [4.78, 5) is 32.0. The van der Waals surface area contributed by atoms with Gasteiger partial charge in [-0.2, -0.15) is 4.89 Å². The summed E-state index contributed by atoms with van der Waals surface area (Å²) < 4.78 is 15.7. The van der Waals surface area contributed by atoms with Gasteiger partial charge in [0, 0.05) is 6.08 Å². The van der Waals surface area contributed by atoms with Crippen LogP contribution in [0.3, 0.4) is 0 Å². The summed E-state index contributed by atoms with van der Waals surface area (Å²) in [6.07, 6.45) is -1.88. The molecule has 0 bridgehead atoms. The van der Waals surface area contributed by atoms with Crippen LogP contribution in [-0.2, 0) is 34.4 Å². The van der Waals surface area contributed by atoms with Crippen molar-refractivity contribution in [1.82, 2.24) is 0 Å². The summed E-state index contributed by atoms with van der Waals surface area (Å²) >= 11 is 0. The van der Waals surface area contributed by atoms with E-state index in [0.717, 1.165) is 11.6 Å². The first-order valence-corrected chi connectivity index (χ1v) is 8.70. The van der Waals surface area contributed by atoms with E-state index >= 15 is 0 Å². The highest BCUT2D eigenvalue weighted by Gasteiger charge is 2.28. The molecule has 1 aromatic carbocycles. The Balaban J connectivity index is 2.53. The second-order valence-corrected chi connectivity index (χ2v) is 6.73. The zero-order valence-corrected chi connectivity index (χ0v) is 16.7. The first-order chi connectivity index (χ1) is 12.5. The van der Waals surface area contributed by atoms with E-state index in [1.807, 2.05) is 24.3 Å². The van der Waals surface area contributed by atoms with E-state index in [2.05, 4.69) is 30.2 Å². The molecule has 0 saturated heterocycles. The van der Waals surface area contributed by atoms with Gasteiger partial charge in [-0.05, 0) is 44.7 Å². The third kappa shape index (κ3) is 7.80. The molecule has 0 saturated carbocycles. The largest absolute Gasteiger partial charge is 0.511 e. The van der Waals surface area contributed by atoms with Gasteiger partial charge in [0.05, 0.1) is 0 Å². The van der Waals surface area contributed by atoms with Crippen molar-refractivity contribution in [3.05, 3.63) is 48.0 Å². The Morgan fingerprint density at radius 1 is 1.04 bits per heavy atom. The van der Waals surface area contributed by atoms with Crippen molar-refractivity contribution >= 4 is 12.1 Å².